The fraction of sp³-hybridized carbons (Fsp3) is 0.667. The third kappa shape index (κ3) is 3.02. The normalized spacial score (nSPS) is 25.7. The van der Waals surface area contributed by atoms with Gasteiger partial charge < -0.3 is 10.5 Å². The summed E-state index contributed by atoms with van der Waals surface area (Å²) in [5.74, 6) is 1.40. The molecule has 3 heteroatoms. The first kappa shape index (κ1) is 13.3. The lowest BCUT2D eigenvalue weighted by atomic mass is 9.85. The lowest BCUT2D eigenvalue weighted by Crippen LogP contribution is -2.30. The Morgan fingerprint density at radius 1 is 1.44 bits per heavy atom. The average Bonchev–Trinajstić information content (AvgIpc) is 2.40. The molecule has 100 valence electrons. The lowest BCUT2D eigenvalue weighted by molar-refractivity contribution is 0.0845. The summed E-state index contributed by atoms with van der Waals surface area (Å²) >= 11 is 0. The molecule has 2 N–H and O–H groups in total. The summed E-state index contributed by atoms with van der Waals surface area (Å²) in [7, 11) is 0. The molecule has 0 aromatic carbocycles. The van der Waals surface area contributed by atoms with E-state index in [0.29, 0.717) is 12.0 Å². The minimum Gasteiger partial charge on any atom is -0.474 e. The van der Waals surface area contributed by atoms with Crippen molar-refractivity contribution in [3.05, 3.63) is 23.9 Å². The van der Waals surface area contributed by atoms with Crippen LogP contribution in [-0.2, 0) is 0 Å². The molecular formula is C15H24N2O. The smallest absolute Gasteiger partial charge is 0.218 e. The molecule has 1 aromatic rings. The molecule has 1 heterocycles. The predicted octanol–water partition coefficient (Wildman–Crippen LogP) is 3.45. The second kappa shape index (κ2) is 6.19. The van der Waals surface area contributed by atoms with Gasteiger partial charge in [0.05, 0.1) is 0 Å². The molecule has 0 aliphatic heterocycles. The minimum atomic E-state index is -0.0302. The van der Waals surface area contributed by atoms with Gasteiger partial charge in [-0.25, -0.2) is 4.98 Å². The first-order valence-electron chi connectivity index (χ1n) is 7.09. The summed E-state index contributed by atoms with van der Waals surface area (Å²) < 4.78 is 6.16. The molecule has 2 rings (SSSR count). The van der Waals surface area contributed by atoms with Gasteiger partial charge in [-0.3, -0.25) is 0 Å². The zero-order valence-electron chi connectivity index (χ0n) is 11.4. The van der Waals surface area contributed by atoms with E-state index < -0.39 is 0 Å². The second-order valence-electron chi connectivity index (χ2n) is 5.30. The van der Waals surface area contributed by atoms with Gasteiger partial charge in [-0.1, -0.05) is 19.4 Å². The van der Waals surface area contributed by atoms with Crippen LogP contribution in [0, 0.1) is 5.92 Å². The van der Waals surface area contributed by atoms with E-state index in [2.05, 4.69) is 11.9 Å². The topological polar surface area (TPSA) is 48.1 Å². The Bertz CT molecular complexity index is 379. The van der Waals surface area contributed by atoms with Crippen LogP contribution >= 0.6 is 0 Å². The highest BCUT2D eigenvalue weighted by molar-refractivity contribution is 5.28. The van der Waals surface area contributed by atoms with Crippen molar-refractivity contribution in [1.29, 1.82) is 0 Å². The number of nitrogens with zero attached hydrogens (tertiary/aromatic N) is 1. The SMILES string of the molecule is CCC1CCCCC1Oc1ncccc1[C@@H](C)N. The van der Waals surface area contributed by atoms with Crippen LogP contribution in [0.25, 0.3) is 0 Å². The van der Waals surface area contributed by atoms with E-state index in [4.69, 9.17) is 10.5 Å². The number of pyridine rings is 1. The monoisotopic (exact) mass is 248 g/mol. The Balaban J connectivity index is 2.12. The second-order valence-corrected chi connectivity index (χ2v) is 5.30. The maximum Gasteiger partial charge on any atom is 0.218 e. The number of aromatic nitrogens is 1. The summed E-state index contributed by atoms with van der Waals surface area (Å²) in [4.78, 5) is 4.36. The summed E-state index contributed by atoms with van der Waals surface area (Å²) in [5, 5.41) is 0. The highest BCUT2D eigenvalue weighted by Crippen LogP contribution is 2.31. The van der Waals surface area contributed by atoms with Gasteiger partial charge in [-0.2, -0.15) is 0 Å². The first-order chi connectivity index (χ1) is 8.72. The number of nitrogens with two attached hydrogens (primary N) is 1. The minimum absolute atomic E-state index is 0.0302. The summed E-state index contributed by atoms with van der Waals surface area (Å²) in [6, 6.07) is 3.90. The highest BCUT2D eigenvalue weighted by Gasteiger charge is 2.26. The van der Waals surface area contributed by atoms with Crippen LogP contribution in [0.4, 0.5) is 0 Å². The Kier molecular flexibility index (Phi) is 4.59. The number of ether oxygens (including phenoxy) is 1. The van der Waals surface area contributed by atoms with Crippen molar-refractivity contribution in [3.8, 4) is 5.88 Å². The van der Waals surface area contributed by atoms with Gasteiger partial charge in [0.25, 0.3) is 0 Å². The Morgan fingerprint density at radius 3 is 2.94 bits per heavy atom. The van der Waals surface area contributed by atoms with Crippen molar-refractivity contribution in [1.82, 2.24) is 4.98 Å². The Labute approximate surface area is 110 Å². The van der Waals surface area contributed by atoms with Crippen LogP contribution in [0.5, 0.6) is 5.88 Å². The van der Waals surface area contributed by atoms with Gasteiger partial charge >= 0.3 is 0 Å². The fourth-order valence-electron chi connectivity index (χ4n) is 2.79. The standard InChI is InChI=1S/C15H24N2O/c1-3-12-7-4-5-9-14(12)18-15-13(11(2)16)8-6-10-17-15/h6,8,10-12,14H,3-5,7,9,16H2,1-2H3/t11-,12?,14?/m1/s1. The molecule has 0 spiro atoms. The van der Waals surface area contributed by atoms with Crippen LogP contribution in [-0.4, -0.2) is 11.1 Å². The van der Waals surface area contributed by atoms with Crippen LogP contribution in [0.3, 0.4) is 0 Å². The van der Waals surface area contributed by atoms with Gasteiger partial charge in [-0.05, 0) is 44.6 Å². The number of hydrogen-bond donors (Lipinski definition) is 1. The van der Waals surface area contributed by atoms with Crippen molar-refractivity contribution < 1.29 is 4.74 Å². The summed E-state index contributed by atoms with van der Waals surface area (Å²) in [5.41, 5.74) is 6.98. The molecule has 3 atom stereocenters. The molecule has 1 aliphatic carbocycles. The van der Waals surface area contributed by atoms with E-state index in [9.17, 15) is 0 Å². The molecule has 0 amide bonds. The largest absolute Gasteiger partial charge is 0.474 e. The van der Waals surface area contributed by atoms with Crippen LogP contribution in [0.15, 0.2) is 18.3 Å². The fourth-order valence-corrected chi connectivity index (χ4v) is 2.79. The van der Waals surface area contributed by atoms with Crippen molar-refractivity contribution in [2.45, 2.75) is 58.1 Å². The third-order valence-corrected chi connectivity index (χ3v) is 3.92. The number of rotatable bonds is 4. The summed E-state index contributed by atoms with van der Waals surface area (Å²) in [6.07, 6.45) is 8.31. The summed E-state index contributed by atoms with van der Waals surface area (Å²) in [6.45, 7) is 4.22. The van der Waals surface area contributed by atoms with E-state index in [1.165, 1.54) is 25.7 Å². The average molecular weight is 248 g/mol. The lowest BCUT2D eigenvalue weighted by Gasteiger charge is -2.31. The molecule has 18 heavy (non-hydrogen) atoms. The van der Waals surface area contributed by atoms with Gasteiger partial charge in [0.1, 0.15) is 6.10 Å². The van der Waals surface area contributed by atoms with Crippen LogP contribution in [0.1, 0.15) is 57.6 Å². The van der Waals surface area contributed by atoms with E-state index in [1.54, 1.807) is 6.20 Å². The van der Waals surface area contributed by atoms with Crippen molar-refractivity contribution in [2.75, 3.05) is 0 Å². The van der Waals surface area contributed by atoms with Crippen LogP contribution in [0.2, 0.25) is 0 Å². The van der Waals surface area contributed by atoms with Crippen molar-refractivity contribution in [3.63, 3.8) is 0 Å². The van der Waals surface area contributed by atoms with E-state index in [1.807, 2.05) is 19.1 Å². The van der Waals surface area contributed by atoms with Gasteiger partial charge in [0, 0.05) is 17.8 Å². The van der Waals surface area contributed by atoms with Crippen molar-refractivity contribution >= 4 is 0 Å². The molecule has 1 aromatic heterocycles. The maximum atomic E-state index is 6.16. The maximum absolute atomic E-state index is 6.16. The van der Waals surface area contributed by atoms with Crippen molar-refractivity contribution in [2.24, 2.45) is 11.7 Å². The molecular weight excluding hydrogens is 224 g/mol. The molecule has 2 unspecified atom stereocenters. The third-order valence-electron chi connectivity index (χ3n) is 3.92. The predicted molar refractivity (Wildman–Crippen MR) is 73.5 cm³/mol. The Hall–Kier alpha value is -1.09. The van der Waals surface area contributed by atoms with Gasteiger partial charge in [-0.15, -0.1) is 0 Å². The zero-order valence-corrected chi connectivity index (χ0v) is 11.4. The Morgan fingerprint density at radius 2 is 2.22 bits per heavy atom. The molecule has 1 saturated carbocycles. The molecule has 1 aliphatic rings. The van der Waals surface area contributed by atoms with Gasteiger partial charge in [0.15, 0.2) is 0 Å². The van der Waals surface area contributed by atoms with E-state index in [-0.39, 0.29) is 6.04 Å². The van der Waals surface area contributed by atoms with E-state index >= 15 is 0 Å². The molecule has 3 nitrogen and oxygen atoms in total. The number of hydrogen-bond acceptors (Lipinski definition) is 3. The van der Waals surface area contributed by atoms with Crippen LogP contribution < -0.4 is 10.5 Å². The first-order valence-corrected chi connectivity index (χ1v) is 7.09. The van der Waals surface area contributed by atoms with E-state index in [0.717, 1.165) is 17.9 Å². The highest BCUT2D eigenvalue weighted by atomic mass is 16.5. The zero-order chi connectivity index (χ0) is 13.0. The molecule has 0 saturated heterocycles. The quantitative estimate of drug-likeness (QED) is 0.887. The van der Waals surface area contributed by atoms with Gasteiger partial charge in [0.2, 0.25) is 5.88 Å². The molecule has 1 fully saturated rings. The molecule has 0 bridgehead atoms. The molecule has 0 radical (unpaired) electrons.